The highest BCUT2D eigenvalue weighted by Gasteiger charge is 2.26. The number of rotatable bonds is 3. The highest BCUT2D eigenvalue weighted by atomic mass is 16.3. The number of carbonyl (C=O) groups excluding carboxylic acids is 1. The molecule has 1 heterocycles. The molecule has 0 spiro atoms. The maximum Gasteiger partial charge on any atom is 0.227 e. The highest BCUT2D eigenvalue weighted by Crippen LogP contribution is 2.12. The fourth-order valence-corrected chi connectivity index (χ4v) is 1.49. The van der Waals surface area contributed by atoms with Crippen molar-refractivity contribution in [2.45, 2.75) is 19.4 Å². The van der Waals surface area contributed by atoms with E-state index in [0.717, 1.165) is 19.5 Å². The zero-order chi connectivity index (χ0) is 9.84. The summed E-state index contributed by atoms with van der Waals surface area (Å²) in [6, 6.07) is -0.0758. The molecule has 2 N–H and O–H groups in total. The lowest BCUT2D eigenvalue weighted by atomic mass is 10.1. The second kappa shape index (κ2) is 4.58. The van der Waals surface area contributed by atoms with Crippen LogP contribution in [0.3, 0.4) is 0 Å². The van der Waals surface area contributed by atoms with E-state index in [1.165, 1.54) is 0 Å². The van der Waals surface area contributed by atoms with E-state index in [1.807, 2.05) is 6.92 Å². The van der Waals surface area contributed by atoms with Crippen LogP contribution in [-0.2, 0) is 4.79 Å². The fraction of sp³-hybridized carbons (Fsp3) is 0.889. The van der Waals surface area contributed by atoms with Crippen molar-refractivity contribution in [2.24, 2.45) is 5.92 Å². The van der Waals surface area contributed by atoms with Gasteiger partial charge in [0.15, 0.2) is 0 Å². The monoisotopic (exact) mass is 186 g/mol. The van der Waals surface area contributed by atoms with Crippen LogP contribution < -0.4 is 5.32 Å². The molecule has 76 valence electrons. The van der Waals surface area contributed by atoms with Crippen LogP contribution in [0.15, 0.2) is 0 Å². The number of aliphatic hydroxyl groups is 1. The molecule has 0 radical (unpaired) electrons. The molecule has 0 bridgehead atoms. The molecule has 1 aliphatic heterocycles. The van der Waals surface area contributed by atoms with Crippen LogP contribution in [0.25, 0.3) is 0 Å². The number of aliphatic hydroxyl groups excluding tert-OH is 1. The third-order valence-corrected chi connectivity index (χ3v) is 2.68. The second-order valence-corrected chi connectivity index (χ2v) is 3.67. The normalized spacial score (nSPS) is 24.4. The Hall–Kier alpha value is -0.610. The molecule has 1 aliphatic rings. The summed E-state index contributed by atoms with van der Waals surface area (Å²) < 4.78 is 0. The van der Waals surface area contributed by atoms with Crippen molar-refractivity contribution >= 4 is 5.91 Å². The van der Waals surface area contributed by atoms with Gasteiger partial charge in [0.1, 0.15) is 0 Å². The summed E-state index contributed by atoms with van der Waals surface area (Å²) in [6.45, 7) is 3.59. The molecule has 1 fully saturated rings. The van der Waals surface area contributed by atoms with E-state index < -0.39 is 0 Å². The van der Waals surface area contributed by atoms with Crippen molar-refractivity contribution in [1.82, 2.24) is 10.2 Å². The summed E-state index contributed by atoms with van der Waals surface area (Å²) in [4.78, 5) is 13.4. The third kappa shape index (κ3) is 2.42. The first-order valence-electron chi connectivity index (χ1n) is 4.75. The minimum Gasteiger partial charge on any atom is -0.394 e. The molecule has 0 aliphatic carbocycles. The summed E-state index contributed by atoms with van der Waals surface area (Å²) in [5.74, 6) is 0.255. The SMILES string of the molecule is CC(CO)N(C)C(=O)C1CCNC1. The van der Waals surface area contributed by atoms with Crippen molar-refractivity contribution < 1.29 is 9.90 Å². The Balaban J connectivity index is 2.45. The number of hydrogen-bond acceptors (Lipinski definition) is 3. The second-order valence-electron chi connectivity index (χ2n) is 3.67. The molecular weight excluding hydrogens is 168 g/mol. The maximum atomic E-state index is 11.7. The molecule has 13 heavy (non-hydrogen) atoms. The van der Waals surface area contributed by atoms with Crippen LogP contribution in [0.1, 0.15) is 13.3 Å². The lowest BCUT2D eigenvalue weighted by Crippen LogP contribution is -2.41. The average molecular weight is 186 g/mol. The van der Waals surface area contributed by atoms with Crippen molar-refractivity contribution in [3.05, 3.63) is 0 Å². The molecule has 4 nitrogen and oxygen atoms in total. The Morgan fingerprint density at radius 1 is 1.77 bits per heavy atom. The summed E-state index contributed by atoms with van der Waals surface area (Å²) >= 11 is 0. The van der Waals surface area contributed by atoms with Gasteiger partial charge in [-0.25, -0.2) is 0 Å². The molecule has 1 rings (SSSR count). The minimum atomic E-state index is -0.0758. The van der Waals surface area contributed by atoms with E-state index in [0.29, 0.717) is 0 Å². The van der Waals surface area contributed by atoms with Crippen molar-refractivity contribution in [3.8, 4) is 0 Å². The Bertz CT molecular complexity index is 178. The van der Waals surface area contributed by atoms with E-state index in [9.17, 15) is 4.79 Å². The Morgan fingerprint density at radius 3 is 2.92 bits per heavy atom. The first kappa shape index (κ1) is 10.5. The summed E-state index contributed by atoms with van der Waals surface area (Å²) in [6.07, 6.45) is 0.918. The number of amides is 1. The molecule has 0 saturated carbocycles. The molecule has 4 heteroatoms. The molecule has 0 aromatic rings. The summed E-state index contributed by atoms with van der Waals surface area (Å²) in [5.41, 5.74) is 0. The summed E-state index contributed by atoms with van der Waals surface area (Å²) in [7, 11) is 1.75. The van der Waals surface area contributed by atoms with E-state index in [2.05, 4.69) is 5.32 Å². The van der Waals surface area contributed by atoms with Gasteiger partial charge >= 0.3 is 0 Å². The van der Waals surface area contributed by atoms with Crippen LogP contribution in [0, 0.1) is 5.92 Å². The number of likely N-dealkylation sites (N-methyl/N-ethyl adjacent to an activating group) is 1. The van der Waals surface area contributed by atoms with E-state index in [4.69, 9.17) is 5.11 Å². The minimum absolute atomic E-state index is 0.0301. The van der Waals surface area contributed by atoms with Crippen molar-refractivity contribution in [2.75, 3.05) is 26.7 Å². The van der Waals surface area contributed by atoms with Crippen LogP contribution in [0.4, 0.5) is 0 Å². The van der Waals surface area contributed by atoms with Gasteiger partial charge in [-0.3, -0.25) is 4.79 Å². The first-order valence-corrected chi connectivity index (χ1v) is 4.75. The van der Waals surface area contributed by atoms with Gasteiger partial charge in [0, 0.05) is 13.6 Å². The predicted molar refractivity (Wildman–Crippen MR) is 50.3 cm³/mol. The number of nitrogens with zero attached hydrogens (tertiary/aromatic N) is 1. The Labute approximate surface area is 78.9 Å². The zero-order valence-corrected chi connectivity index (χ0v) is 8.29. The van der Waals surface area contributed by atoms with Gasteiger partial charge in [0.25, 0.3) is 0 Å². The van der Waals surface area contributed by atoms with Gasteiger partial charge in [-0.1, -0.05) is 0 Å². The predicted octanol–water partition coefficient (Wildman–Crippen LogP) is -0.565. The average Bonchev–Trinajstić information content (AvgIpc) is 2.67. The number of hydrogen-bond donors (Lipinski definition) is 2. The van der Waals surface area contributed by atoms with Gasteiger partial charge in [-0.2, -0.15) is 0 Å². The van der Waals surface area contributed by atoms with Gasteiger partial charge in [-0.15, -0.1) is 0 Å². The quantitative estimate of drug-likeness (QED) is 0.621. The third-order valence-electron chi connectivity index (χ3n) is 2.68. The molecule has 2 atom stereocenters. The standard InChI is InChI=1S/C9H18N2O2/c1-7(6-12)11(2)9(13)8-3-4-10-5-8/h7-8,10,12H,3-6H2,1-2H3. The van der Waals surface area contributed by atoms with Gasteiger partial charge in [0.2, 0.25) is 5.91 Å². The number of carbonyl (C=O) groups is 1. The van der Waals surface area contributed by atoms with E-state index in [-0.39, 0.29) is 24.5 Å². The van der Waals surface area contributed by atoms with Gasteiger partial charge in [-0.05, 0) is 19.9 Å². The molecule has 2 unspecified atom stereocenters. The molecule has 1 amide bonds. The lowest BCUT2D eigenvalue weighted by Gasteiger charge is -2.25. The van der Waals surface area contributed by atoms with Crippen LogP contribution in [0.5, 0.6) is 0 Å². The first-order chi connectivity index (χ1) is 6.16. The molecule has 0 aromatic carbocycles. The smallest absolute Gasteiger partial charge is 0.227 e. The Kier molecular flexibility index (Phi) is 3.69. The van der Waals surface area contributed by atoms with Gasteiger partial charge in [0.05, 0.1) is 18.6 Å². The molecule has 1 saturated heterocycles. The fourth-order valence-electron chi connectivity index (χ4n) is 1.49. The van der Waals surface area contributed by atoms with Crippen molar-refractivity contribution in [1.29, 1.82) is 0 Å². The van der Waals surface area contributed by atoms with Gasteiger partial charge < -0.3 is 15.3 Å². The molecule has 0 aromatic heterocycles. The highest BCUT2D eigenvalue weighted by molar-refractivity contribution is 5.79. The summed E-state index contributed by atoms with van der Waals surface area (Å²) in [5, 5.41) is 12.0. The van der Waals surface area contributed by atoms with Crippen LogP contribution >= 0.6 is 0 Å². The largest absolute Gasteiger partial charge is 0.394 e. The zero-order valence-electron chi connectivity index (χ0n) is 8.29. The number of nitrogens with one attached hydrogen (secondary N) is 1. The van der Waals surface area contributed by atoms with Crippen LogP contribution in [0.2, 0.25) is 0 Å². The molecular formula is C9H18N2O2. The Morgan fingerprint density at radius 2 is 2.46 bits per heavy atom. The van der Waals surface area contributed by atoms with Crippen LogP contribution in [-0.4, -0.2) is 48.7 Å². The maximum absolute atomic E-state index is 11.7. The van der Waals surface area contributed by atoms with E-state index in [1.54, 1.807) is 11.9 Å². The topological polar surface area (TPSA) is 52.6 Å². The lowest BCUT2D eigenvalue weighted by molar-refractivity contribution is -0.136. The van der Waals surface area contributed by atoms with E-state index >= 15 is 0 Å². The van der Waals surface area contributed by atoms with Crippen molar-refractivity contribution in [3.63, 3.8) is 0 Å².